The largest absolute Gasteiger partial charge is 0.493 e. The minimum Gasteiger partial charge on any atom is -0.493 e. The Kier molecular flexibility index (Phi) is 8.63. The molecule has 1 heterocycles. The molecule has 0 aromatic heterocycles. The first-order chi connectivity index (χ1) is 12.3. The number of nitrogens with zero attached hydrogens (tertiary/aromatic N) is 2. The summed E-state index contributed by atoms with van der Waals surface area (Å²) in [7, 11) is 0. The number of piperazine rings is 1. The predicted octanol–water partition coefficient (Wildman–Crippen LogP) is 4.71. The van der Waals surface area contributed by atoms with E-state index in [1.807, 2.05) is 0 Å². The van der Waals surface area contributed by atoms with Gasteiger partial charge in [-0.1, -0.05) is 12.8 Å². The lowest BCUT2D eigenvalue weighted by molar-refractivity contribution is -0.149. The fraction of sp³-hybridized carbons (Fsp3) is 0.667. The maximum absolute atomic E-state index is 13.3. The van der Waals surface area contributed by atoms with E-state index in [1.165, 1.54) is 11.0 Å². The van der Waals surface area contributed by atoms with E-state index in [1.54, 1.807) is 12.1 Å². The Morgan fingerprint density at radius 1 is 0.962 bits per heavy atom. The van der Waals surface area contributed by atoms with Crippen LogP contribution in [-0.4, -0.2) is 61.9 Å². The number of halogens is 5. The van der Waals surface area contributed by atoms with Gasteiger partial charge in [-0.05, 0) is 47.4 Å². The summed E-state index contributed by atoms with van der Waals surface area (Å²) in [6.45, 7) is 3.05. The highest BCUT2D eigenvalue weighted by molar-refractivity contribution is 9.10. The van der Waals surface area contributed by atoms with Gasteiger partial charge in [0.2, 0.25) is 0 Å². The summed E-state index contributed by atoms with van der Waals surface area (Å²) in [5.74, 6) is 0.195. The van der Waals surface area contributed by atoms with Gasteiger partial charge in [0.25, 0.3) is 0 Å². The van der Waals surface area contributed by atoms with E-state index < -0.39 is 12.7 Å². The van der Waals surface area contributed by atoms with Gasteiger partial charge < -0.3 is 9.64 Å². The molecular weight excluding hydrogens is 416 g/mol. The first kappa shape index (κ1) is 21.4. The zero-order valence-electron chi connectivity index (χ0n) is 14.7. The van der Waals surface area contributed by atoms with Crippen LogP contribution >= 0.6 is 15.9 Å². The molecule has 2 rings (SSSR count). The molecule has 148 valence electrons. The van der Waals surface area contributed by atoms with E-state index in [-0.39, 0.29) is 5.82 Å². The molecule has 0 saturated carbocycles. The average Bonchev–Trinajstić information content (AvgIpc) is 2.57. The van der Waals surface area contributed by atoms with E-state index in [4.69, 9.17) is 4.74 Å². The maximum atomic E-state index is 13.3. The molecule has 1 aromatic carbocycles. The lowest BCUT2D eigenvalue weighted by Crippen LogP contribution is -2.49. The monoisotopic (exact) mass is 440 g/mol. The number of unbranched alkanes of at least 4 members (excludes halogenated alkanes) is 3. The van der Waals surface area contributed by atoms with Crippen molar-refractivity contribution >= 4 is 15.9 Å². The molecule has 0 aliphatic carbocycles. The Morgan fingerprint density at radius 3 is 2.27 bits per heavy atom. The highest BCUT2D eigenvalue weighted by Crippen LogP contribution is 2.21. The minimum absolute atomic E-state index is 0.335. The zero-order chi connectivity index (χ0) is 19.0. The number of hydrogen-bond donors (Lipinski definition) is 0. The first-order valence-electron chi connectivity index (χ1n) is 8.93. The number of hydrogen-bond acceptors (Lipinski definition) is 3. The molecule has 0 radical (unpaired) electrons. The average molecular weight is 441 g/mol. The molecule has 0 amide bonds. The van der Waals surface area contributed by atoms with Gasteiger partial charge >= 0.3 is 6.18 Å². The lowest BCUT2D eigenvalue weighted by Gasteiger charge is -2.34. The van der Waals surface area contributed by atoms with Crippen LogP contribution < -0.4 is 4.74 Å². The van der Waals surface area contributed by atoms with Gasteiger partial charge in [0.1, 0.15) is 11.6 Å². The van der Waals surface area contributed by atoms with Gasteiger partial charge in [0.05, 0.1) is 17.6 Å². The summed E-state index contributed by atoms with van der Waals surface area (Å²) < 4.78 is 56.3. The molecule has 1 fully saturated rings. The van der Waals surface area contributed by atoms with Gasteiger partial charge in [-0.15, -0.1) is 0 Å². The zero-order valence-corrected chi connectivity index (χ0v) is 16.3. The van der Waals surface area contributed by atoms with Crippen molar-refractivity contribution in [3.05, 3.63) is 28.5 Å². The summed E-state index contributed by atoms with van der Waals surface area (Å²) >= 11 is 3.10. The minimum atomic E-state index is -4.10. The third-order valence-corrected chi connectivity index (χ3v) is 5.04. The molecule has 0 unspecified atom stereocenters. The van der Waals surface area contributed by atoms with Crippen molar-refractivity contribution in [2.45, 2.75) is 31.9 Å². The van der Waals surface area contributed by atoms with Crippen LogP contribution in [0, 0.1) is 5.82 Å². The molecule has 8 heteroatoms. The van der Waals surface area contributed by atoms with Crippen LogP contribution in [0.3, 0.4) is 0 Å². The van der Waals surface area contributed by atoms with Crippen LogP contribution in [0.5, 0.6) is 5.75 Å². The number of rotatable bonds is 9. The second-order valence-corrected chi connectivity index (χ2v) is 7.43. The quantitative estimate of drug-likeness (QED) is 0.408. The second kappa shape index (κ2) is 10.5. The van der Waals surface area contributed by atoms with Gasteiger partial charge in [-0.25, -0.2) is 4.39 Å². The van der Waals surface area contributed by atoms with Gasteiger partial charge in [-0.2, -0.15) is 13.2 Å². The van der Waals surface area contributed by atoms with E-state index in [2.05, 4.69) is 20.8 Å². The summed E-state index contributed by atoms with van der Waals surface area (Å²) in [6, 6.07) is 4.72. The Bertz CT molecular complexity index is 548. The van der Waals surface area contributed by atoms with Crippen molar-refractivity contribution < 1.29 is 22.3 Å². The smallest absolute Gasteiger partial charge is 0.401 e. The SMILES string of the molecule is Fc1cc(OCCCCCCN2CCN(CC(F)(F)F)CC2)ccc1Br. The van der Waals surface area contributed by atoms with Crippen LogP contribution in [0.1, 0.15) is 25.7 Å². The highest BCUT2D eigenvalue weighted by Gasteiger charge is 2.31. The van der Waals surface area contributed by atoms with Crippen molar-refractivity contribution in [1.82, 2.24) is 9.80 Å². The van der Waals surface area contributed by atoms with Crippen LogP contribution in [0.4, 0.5) is 17.6 Å². The van der Waals surface area contributed by atoms with E-state index in [0.717, 1.165) is 32.2 Å². The summed E-state index contributed by atoms with van der Waals surface area (Å²) in [4.78, 5) is 3.70. The number of ether oxygens (including phenoxy) is 1. The lowest BCUT2D eigenvalue weighted by atomic mass is 10.2. The second-order valence-electron chi connectivity index (χ2n) is 6.57. The van der Waals surface area contributed by atoms with E-state index >= 15 is 0 Å². The molecule has 1 aliphatic rings. The fourth-order valence-electron chi connectivity index (χ4n) is 2.97. The van der Waals surface area contributed by atoms with Crippen molar-refractivity contribution in [1.29, 1.82) is 0 Å². The third-order valence-electron chi connectivity index (χ3n) is 4.40. The van der Waals surface area contributed by atoms with Gasteiger partial charge in [0, 0.05) is 32.2 Å². The number of benzene rings is 1. The van der Waals surface area contributed by atoms with Crippen LogP contribution in [0.25, 0.3) is 0 Å². The fourth-order valence-corrected chi connectivity index (χ4v) is 3.22. The Morgan fingerprint density at radius 2 is 1.62 bits per heavy atom. The van der Waals surface area contributed by atoms with E-state index in [9.17, 15) is 17.6 Å². The Labute approximate surface area is 160 Å². The standard InChI is InChI=1S/C18H25BrF4N2O/c19-16-6-5-15(13-17(16)20)26-12-4-2-1-3-7-24-8-10-25(11-9-24)14-18(21,22)23/h5-6,13H,1-4,7-12,14H2. The maximum Gasteiger partial charge on any atom is 0.401 e. The topological polar surface area (TPSA) is 15.7 Å². The number of alkyl halides is 3. The molecule has 0 N–H and O–H groups in total. The molecule has 0 bridgehead atoms. The molecular formula is C18H25BrF4N2O. The molecule has 1 aromatic rings. The van der Waals surface area contributed by atoms with Crippen molar-refractivity contribution in [2.75, 3.05) is 45.9 Å². The van der Waals surface area contributed by atoms with Crippen LogP contribution in [0.15, 0.2) is 22.7 Å². The van der Waals surface area contributed by atoms with Crippen molar-refractivity contribution in [3.8, 4) is 5.75 Å². The first-order valence-corrected chi connectivity index (χ1v) is 9.72. The molecule has 1 aliphatic heterocycles. The summed E-state index contributed by atoms with van der Waals surface area (Å²) in [5.41, 5.74) is 0. The van der Waals surface area contributed by atoms with Crippen LogP contribution in [-0.2, 0) is 0 Å². The highest BCUT2D eigenvalue weighted by atomic mass is 79.9. The molecule has 26 heavy (non-hydrogen) atoms. The molecule has 1 saturated heterocycles. The van der Waals surface area contributed by atoms with E-state index in [0.29, 0.717) is 43.0 Å². The normalized spacial score (nSPS) is 16.8. The van der Waals surface area contributed by atoms with Gasteiger partial charge in [-0.3, -0.25) is 4.90 Å². The predicted molar refractivity (Wildman–Crippen MR) is 97.0 cm³/mol. The van der Waals surface area contributed by atoms with Crippen molar-refractivity contribution in [3.63, 3.8) is 0 Å². The summed E-state index contributed by atoms with van der Waals surface area (Å²) in [6.07, 6.45) is -0.0939. The third kappa shape index (κ3) is 8.22. The Balaban J connectivity index is 1.48. The van der Waals surface area contributed by atoms with Crippen LogP contribution in [0.2, 0.25) is 0 Å². The molecule has 3 nitrogen and oxygen atoms in total. The van der Waals surface area contributed by atoms with Gasteiger partial charge in [0.15, 0.2) is 0 Å². The Hall–Kier alpha value is -0.860. The summed E-state index contributed by atoms with van der Waals surface area (Å²) in [5, 5.41) is 0. The molecule has 0 spiro atoms. The van der Waals surface area contributed by atoms with Crippen molar-refractivity contribution in [2.24, 2.45) is 0 Å². The molecule has 0 atom stereocenters.